The van der Waals surface area contributed by atoms with Gasteiger partial charge in [-0.05, 0) is 41.4 Å². The molecule has 1 aliphatic rings. The number of benzene rings is 1. The summed E-state index contributed by atoms with van der Waals surface area (Å²) < 4.78 is 17.8. The van der Waals surface area contributed by atoms with E-state index in [0.717, 1.165) is 0 Å². The fraction of sp³-hybridized carbons (Fsp3) is 0.385. The fourth-order valence-corrected chi connectivity index (χ4v) is 2.96. The summed E-state index contributed by atoms with van der Waals surface area (Å²) in [5.41, 5.74) is -0.711. The van der Waals surface area contributed by atoms with Gasteiger partial charge in [-0.1, -0.05) is 0 Å². The van der Waals surface area contributed by atoms with Crippen molar-refractivity contribution in [2.24, 2.45) is 0 Å². The Morgan fingerprint density at radius 1 is 1.38 bits per heavy atom. The number of carbonyl (C=O) groups excluding carboxylic acids is 1. The normalized spacial score (nSPS) is 19.5. The molecule has 8 heteroatoms. The zero-order chi connectivity index (χ0) is 16.2. The van der Waals surface area contributed by atoms with E-state index in [9.17, 15) is 19.1 Å². The smallest absolute Gasteiger partial charge is 0.476 e. The molecule has 114 valence electrons. The predicted molar refractivity (Wildman–Crippen MR) is 83.8 cm³/mol. The number of fused-ring (bicyclic) bond motifs is 1. The van der Waals surface area contributed by atoms with E-state index in [1.54, 1.807) is 20.9 Å². The van der Waals surface area contributed by atoms with Gasteiger partial charge in [0.25, 0.3) is 5.91 Å². The first-order valence-corrected chi connectivity index (χ1v) is 8.42. The monoisotopic (exact) mass is 311 g/mol. The minimum atomic E-state index is -2.58. The third-order valence-corrected chi connectivity index (χ3v) is 4.62. The molecule has 1 aromatic carbocycles. The molecule has 0 aliphatic carbocycles. The number of carbonyl (C=O) groups is 1. The first-order valence-electron chi connectivity index (χ1n) is 6.28. The lowest BCUT2D eigenvalue weighted by Gasteiger charge is -2.38. The summed E-state index contributed by atoms with van der Waals surface area (Å²) in [6.07, 6.45) is 1.44. The minimum absolute atomic E-state index is 0.0631. The topological polar surface area (TPSA) is 87.1 Å². The number of likely N-dealkylation sites (N-methyl/N-ethyl adjacent to an activating group) is 1. The maximum absolute atomic E-state index is 12.2. The molecule has 1 atom stereocenters. The lowest BCUT2D eigenvalue weighted by atomic mass is 9.78. The fourth-order valence-electron chi connectivity index (χ4n) is 2.22. The molecule has 0 fully saturated rings. The van der Waals surface area contributed by atoms with E-state index < -0.39 is 22.2 Å². The lowest BCUT2D eigenvalue weighted by molar-refractivity contribution is -0.132. The second-order valence-corrected chi connectivity index (χ2v) is 8.20. The van der Waals surface area contributed by atoms with Crippen molar-refractivity contribution in [3.05, 3.63) is 12.1 Å². The molecule has 0 aromatic heterocycles. The summed E-state index contributed by atoms with van der Waals surface area (Å²) in [6, 6.07) is 2.92. The predicted octanol–water partition coefficient (Wildman–Crippen LogP) is -0.795. The van der Waals surface area contributed by atoms with Crippen LogP contribution >= 0.6 is 0 Å². The van der Waals surface area contributed by atoms with Gasteiger partial charge in [0.2, 0.25) is 0 Å². The largest absolute Gasteiger partial charge is 0.492 e. The molecule has 6 nitrogen and oxygen atoms in total. The number of hydrogen-bond acceptors (Lipinski definition) is 5. The highest BCUT2D eigenvalue weighted by atomic mass is 32.2. The zero-order valence-corrected chi connectivity index (χ0v) is 13.2. The van der Waals surface area contributed by atoms with Crippen molar-refractivity contribution in [1.29, 1.82) is 0 Å². The number of nitrogens with zero attached hydrogens (tertiary/aromatic N) is 1. The molecule has 1 amide bonds. The van der Waals surface area contributed by atoms with Crippen molar-refractivity contribution in [3.63, 3.8) is 0 Å². The van der Waals surface area contributed by atoms with Crippen LogP contribution in [0.25, 0.3) is 0 Å². The molecule has 2 N–H and O–H groups in total. The van der Waals surface area contributed by atoms with Crippen LogP contribution in [0, 0.1) is 0 Å². The SMILES string of the molecule is C=S(C)(=O)c1cc(B(O)O)c2c(c1)N(C)C(=O)C(C)(C)O2. The molecule has 1 unspecified atom stereocenters. The second kappa shape index (κ2) is 4.76. The number of anilines is 1. The van der Waals surface area contributed by atoms with Gasteiger partial charge in [-0.2, -0.15) is 0 Å². The molecule has 0 radical (unpaired) electrons. The molecular formula is C13H18BNO5S. The quantitative estimate of drug-likeness (QED) is 0.552. The van der Waals surface area contributed by atoms with E-state index in [0.29, 0.717) is 10.6 Å². The molecule has 0 bridgehead atoms. The van der Waals surface area contributed by atoms with E-state index in [1.165, 1.54) is 23.3 Å². The van der Waals surface area contributed by atoms with Crippen LogP contribution in [-0.2, 0) is 14.3 Å². The van der Waals surface area contributed by atoms with Gasteiger partial charge in [-0.15, -0.1) is 0 Å². The summed E-state index contributed by atoms with van der Waals surface area (Å²) in [6.45, 7) is 3.20. The van der Waals surface area contributed by atoms with E-state index >= 15 is 0 Å². The standard InChI is InChI=1S/C13H18BNO5S/c1-13(2)12(16)15(3)10-7-8(21(4,5)19)6-9(14(17)18)11(10)20-13/h6-7,17-18H,4H2,1-3,5H3. The average molecular weight is 311 g/mol. The first kappa shape index (κ1) is 15.9. The number of rotatable bonds is 2. The van der Waals surface area contributed by atoms with Gasteiger partial charge in [0.1, 0.15) is 5.75 Å². The Morgan fingerprint density at radius 2 is 1.95 bits per heavy atom. The van der Waals surface area contributed by atoms with Crippen molar-refractivity contribution in [2.75, 3.05) is 18.2 Å². The van der Waals surface area contributed by atoms with Gasteiger partial charge in [0, 0.05) is 23.7 Å². The average Bonchev–Trinajstić information content (AvgIpc) is 2.33. The summed E-state index contributed by atoms with van der Waals surface area (Å²) in [5, 5.41) is 19.1. The van der Waals surface area contributed by atoms with Gasteiger partial charge in [-0.3, -0.25) is 9.00 Å². The summed E-state index contributed by atoms with van der Waals surface area (Å²) >= 11 is 0. The highest BCUT2D eigenvalue weighted by Crippen LogP contribution is 2.37. The van der Waals surface area contributed by atoms with Gasteiger partial charge in [-0.25, -0.2) is 0 Å². The van der Waals surface area contributed by atoms with Crippen LogP contribution in [0.15, 0.2) is 17.0 Å². The van der Waals surface area contributed by atoms with Crippen molar-refractivity contribution >= 4 is 39.6 Å². The Labute approximate surface area is 124 Å². The van der Waals surface area contributed by atoms with Crippen molar-refractivity contribution in [3.8, 4) is 5.75 Å². The van der Waals surface area contributed by atoms with E-state index in [4.69, 9.17) is 4.74 Å². The Hall–Kier alpha value is -1.51. The van der Waals surface area contributed by atoms with Crippen molar-refractivity contribution in [2.45, 2.75) is 24.3 Å². The van der Waals surface area contributed by atoms with Crippen molar-refractivity contribution in [1.82, 2.24) is 0 Å². The number of hydrogen-bond donors (Lipinski definition) is 2. The molecule has 1 aliphatic heterocycles. The Bertz CT molecular complexity index is 712. The second-order valence-electron chi connectivity index (χ2n) is 5.72. The van der Waals surface area contributed by atoms with E-state index in [2.05, 4.69) is 5.87 Å². The maximum Gasteiger partial charge on any atom is 0.492 e. The highest BCUT2D eigenvalue weighted by molar-refractivity contribution is 7.99. The Morgan fingerprint density at radius 3 is 2.43 bits per heavy atom. The van der Waals surface area contributed by atoms with Crippen LogP contribution in [0.4, 0.5) is 5.69 Å². The van der Waals surface area contributed by atoms with Crippen LogP contribution in [0.1, 0.15) is 13.8 Å². The van der Waals surface area contributed by atoms with Gasteiger partial charge in [0.15, 0.2) is 5.60 Å². The lowest BCUT2D eigenvalue weighted by Crippen LogP contribution is -2.53. The van der Waals surface area contributed by atoms with Crippen LogP contribution in [0.5, 0.6) is 5.75 Å². The molecule has 0 spiro atoms. The van der Waals surface area contributed by atoms with Gasteiger partial charge < -0.3 is 19.7 Å². The first-order chi connectivity index (χ1) is 9.45. The number of ether oxygens (including phenoxy) is 1. The highest BCUT2D eigenvalue weighted by Gasteiger charge is 2.41. The number of amides is 1. The Kier molecular flexibility index (Phi) is 3.60. The van der Waals surface area contributed by atoms with Crippen LogP contribution in [0.3, 0.4) is 0 Å². The zero-order valence-electron chi connectivity index (χ0n) is 12.4. The summed E-state index contributed by atoms with van der Waals surface area (Å²) in [7, 11) is -2.83. The summed E-state index contributed by atoms with van der Waals surface area (Å²) in [4.78, 5) is 13.9. The summed E-state index contributed by atoms with van der Waals surface area (Å²) in [5.74, 6) is 3.50. The molecule has 0 saturated carbocycles. The third kappa shape index (κ3) is 2.66. The Balaban J connectivity index is 2.78. The van der Waals surface area contributed by atoms with E-state index in [-0.39, 0.29) is 17.1 Å². The third-order valence-electron chi connectivity index (χ3n) is 3.39. The van der Waals surface area contributed by atoms with E-state index in [1.807, 2.05) is 0 Å². The maximum atomic E-state index is 12.2. The molecule has 0 saturated heterocycles. The molecule has 1 aromatic rings. The minimum Gasteiger partial charge on any atom is -0.476 e. The van der Waals surface area contributed by atoms with Crippen LogP contribution < -0.4 is 15.1 Å². The molecule has 1 heterocycles. The van der Waals surface area contributed by atoms with Crippen molar-refractivity contribution < 1.29 is 23.8 Å². The van der Waals surface area contributed by atoms with Gasteiger partial charge >= 0.3 is 7.12 Å². The van der Waals surface area contributed by atoms with Crippen LogP contribution in [0.2, 0.25) is 0 Å². The molecular weight excluding hydrogens is 293 g/mol. The molecule has 21 heavy (non-hydrogen) atoms. The van der Waals surface area contributed by atoms with Gasteiger partial charge in [0.05, 0.1) is 5.69 Å². The van der Waals surface area contributed by atoms with Crippen LogP contribution in [-0.4, -0.2) is 52.1 Å². The molecule has 2 rings (SSSR count).